The van der Waals surface area contributed by atoms with Gasteiger partial charge in [-0.2, -0.15) is 0 Å². The van der Waals surface area contributed by atoms with Gasteiger partial charge in [0.05, 0.1) is 15.7 Å². The lowest BCUT2D eigenvalue weighted by Gasteiger charge is -2.31. The van der Waals surface area contributed by atoms with E-state index in [2.05, 4.69) is 57.1 Å². The van der Waals surface area contributed by atoms with E-state index in [1.807, 2.05) is 6.20 Å². The fourth-order valence-corrected chi connectivity index (χ4v) is 3.40. The summed E-state index contributed by atoms with van der Waals surface area (Å²) >= 11 is 3.68. The van der Waals surface area contributed by atoms with Crippen LogP contribution in [0.3, 0.4) is 0 Å². The molecule has 1 aliphatic rings. The van der Waals surface area contributed by atoms with Crippen LogP contribution in [0.15, 0.2) is 22.8 Å². The maximum Gasteiger partial charge on any atom is 0.0753 e. The Morgan fingerprint density at radius 3 is 2.68 bits per heavy atom. The number of hydrogen-bond donors (Lipinski definition) is 1. The van der Waals surface area contributed by atoms with Gasteiger partial charge in [-0.15, -0.1) is 0 Å². The molecule has 19 heavy (non-hydrogen) atoms. The van der Waals surface area contributed by atoms with Crippen LogP contribution in [0.2, 0.25) is 0 Å². The Hall–Kier alpha value is -1.13. The number of fused-ring (bicyclic) bond motifs is 1. The van der Waals surface area contributed by atoms with Gasteiger partial charge in [-0.1, -0.05) is 11.6 Å². The monoisotopic (exact) mass is 319 g/mol. The van der Waals surface area contributed by atoms with Crippen molar-refractivity contribution in [1.82, 2.24) is 10.3 Å². The van der Waals surface area contributed by atoms with E-state index in [0.29, 0.717) is 0 Å². The van der Waals surface area contributed by atoms with Crippen LogP contribution < -0.4 is 10.2 Å². The molecule has 0 amide bonds. The van der Waals surface area contributed by atoms with Gasteiger partial charge in [0.25, 0.3) is 0 Å². The Labute approximate surface area is 122 Å². The summed E-state index contributed by atoms with van der Waals surface area (Å²) in [5.41, 5.74) is 4.95. The number of rotatable bonds is 1. The summed E-state index contributed by atoms with van der Waals surface area (Å²) in [7, 11) is 0. The minimum absolute atomic E-state index is 1.04. The van der Waals surface area contributed by atoms with E-state index in [1.54, 1.807) is 0 Å². The number of aryl methyl sites for hydroxylation is 2. The van der Waals surface area contributed by atoms with Gasteiger partial charge in [0.1, 0.15) is 0 Å². The molecule has 0 atom stereocenters. The molecule has 0 unspecified atom stereocenters. The maximum atomic E-state index is 4.59. The fourth-order valence-electron chi connectivity index (χ4n) is 2.83. The van der Waals surface area contributed by atoms with Gasteiger partial charge in [-0.25, -0.2) is 0 Å². The van der Waals surface area contributed by atoms with Crippen LogP contribution in [0.4, 0.5) is 5.69 Å². The van der Waals surface area contributed by atoms with Crippen molar-refractivity contribution in [3.63, 3.8) is 0 Å². The third-order valence-corrected chi connectivity index (χ3v) is 4.25. The smallest absolute Gasteiger partial charge is 0.0753 e. The standard InChI is InChI=1S/C15H18BrN3/c1-10-7-11(2)14-12(8-10)15(13(16)9-18-14)19-5-3-17-4-6-19/h7-9,17H,3-6H2,1-2H3. The summed E-state index contributed by atoms with van der Waals surface area (Å²) in [5, 5.41) is 4.66. The highest BCUT2D eigenvalue weighted by atomic mass is 79.9. The van der Waals surface area contributed by atoms with Gasteiger partial charge in [0.2, 0.25) is 0 Å². The largest absolute Gasteiger partial charge is 0.367 e. The Morgan fingerprint density at radius 1 is 1.21 bits per heavy atom. The number of hydrogen-bond acceptors (Lipinski definition) is 3. The third kappa shape index (κ3) is 2.35. The minimum Gasteiger partial charge on any atom is -0.367 e. The van der Waals surface area contributed by atoms with Crippen LogP contribution >= 0.6 is 15.9 Å². The van der Waals surface area contributed by atoms with Crippen molar-refractivity contribution in [1.29, 1.82) is 0 Å². The zero-order valence-electron chi connectivity index (χ0n) is 11.3. The van der Waals surface area contributed by atoms with Crippen molar-refractivity contribution in [2.24, 2.45) is 0 Å². The number of pyridine rings is 1. The van der Waals surface area contributed by atoms with Gasteiger partial charge >= 0.3 is 0 Å². The van der Waals surface area contributed by atoms with E-state index < -0.39 is 0 Å². The van der Waals surface area contributed by atoms with Gasteiger partial charge in [-0.05, 0) is 41.4 Å². The first kappa shape index (κ1) is 12.9. The van der Waals surface area contributed by atoms with Crippen LogP contribution in [0.1, 0.15) is 11.1 Å². The zero-order chi connectivity index (χ0) is 13.4. The van der Waals surface area contributed by atoms with Crippen molar-refractivity contribution in [2.45, 2.75) is 13.8 Å². The minimum atomic E-state index is 1.04. The molecule has 0 bridgehead atoms. The van der Waals surface area contributed by atoms with Crippen LogP contribution in [0.5, 0.6) is 0 Å². The first-order valence-electron chi connectivity index (χ1n) is 6.68. The topological polar surface area (TPSA) is 28.2 Å². The van der Waals surface area contributed by atoms with Crippen molar-refractivity contribution in [3.8, 4) is 0 Å². The number of nitrogens with one attached hydrogen (secondary N) is 1. The second-order valence-corrected chi connectivity index (χ2v) is 6.02. The number of piperazine rings is 1. The summed E-state index contributed by atoms with van der Waals surface area (Å²) < 4.78 is 1.09. The quantitative estimate of drug-likeness (QED) is 0.875. The number of aromatic nitrogens is 1. The van der Waals surface area contributed by atoms with Gasteiger partial charge in [-0.3, -0.25) is 4.98 Å². The number of halogens is 1. The summed E-state index contributed by atoms with van der Waals surface area (Å²) in [4.78, 5) is 7.04. The number of nitrogens with zero attached hydrogens (tertiary/aromatic N) is 2. The molecule has 0 spiro atoms. The fraction of sp³-hybridized carbons (Fsp3) is 0.400. The van der Waals surface area contributed by atoms with Gasteiger partial charge in [0, 0.05) is 37.8 Å². The maximum absolute atomic E-state index is 4.59. The molecule has 4 heteroatoms. The van der Waals surface area contributed by atoms with E-state index in [0.717, 1.165) is 36.2 Å². The first-order valence-corrected chi connectivity index (χ1v) is 7.47. The molecular formula is C15H18BrN3. The molecule has 1 aliphatic heterocycles. The van der Waals surface area contributed by atoms with E-state index >= 15 is 0 Å². The SMILES string of the molecule is Cc1cc(C)c2ncc(Br)c(N3CCNCC3)c2c1. The number of benzene rings is 1. The van der Waals surface area contributed by atoms with Crippen LogP contribution in [-0.2, 0) is 0 Å². The molecule has 1 aromatic carbocycles. The predicted octanol–water partition coefficient (Wildman–Crippen LogP) is 3.02. The first-order chi connectivity index (χ1) is 9.16. The molecule has 100 valence electrons. The highest BCUT2D eigenvalue weighted by Gasteiger charge is 2.17. The second kappa shape index (κ2) is 5.10. The molecule has 1 saturated heterocycles. The van der Waals surface area contributed by atoms with Gasteiger partial charge < -0.3 is 10.2 Å². The molecule has 1 aromatic heterocycles. The summed E-state index contributed by atoms with van der Waals surface area (Å²) in [6.07, 6.45) is 1.93. The number of anilines is 1. The summed E-state index contributed by atoms with van der Waals surface area (Å²) in [6, 6.07) is 4.45. The van der Waals surface area contributed by atoms with Crippen molar-refractivity contribution in [2.75, 3.05) is 31.1 Å². The van der Waals surface area contributed by atoms with Crippen molar-refractivity contribution < 1.29 is 0 Å². The normalized spacial score (nSPS) is 16.1. The van der Waals surface area contributed by atoms with Gasteiger partial charge in [0.15, 0.2) is 0 Å². The molecule has 3 nitrogen and oxygen atoms in total. The molecular weight excluding hydrogens is 302 g/mol. The molecule has 1 N–H and O–H groups in total. The lowest BCUT2D eigenvalue weighted by atomic mass is 10.0. The highest BCUT2D eigenvalue weighted by molar-refractivity contribution is 9.10. The third-order valence-electron chi connectivity index (χ3n) is 3.67. The Bertz CT molecular complexity index is 618. The summed E-state index contributed by atoms with van der Waals surface area (Å²) in [6.45, 7) is 8.46. The molecule has 2 heterocycles. The van der Waals surface area contributed by atoms with Crippen LogP contribution in [0, 0.1) is 13.8 Å². The molecule has 0 radical (unpaired) electrons. The average molecular weight is 320 g/mol. The average Bonchev–Trinajstić information content (AvgIpc) is 2.39. The Kier molecular flexibility index (Phi) is 3.46. The van der Waals surface area contributed by atoms with E-state index in [-0.39, 0.29) is 0 Å². The van der Waals surface area contributed by atoms with Crippen molar-refractivity contribution in [3.05, 3.63) is 33.9 Å². The predicted molar refractivity (Wildman–Crippen MR) is 84.0 cm³/mol. The Balaban J connectivity index is 2.23. The molecule has 3 rings (SSSR count). The zero-order valence-corrected chi connectivity index (χ0v) is 12.9. The van der Waals surface area contributed by atoms with E-state index in [4.69, 9.17) is 0 Å². The molecule has 0 aliphatic carbocycles. The van der Waals surface area contributed by atoms with Crippen LogP contribution in [-0.4, -0.2) is 31.2 Å². The second-order valence-electron chi connectivity index (χ2n) is 5.17. The van der Waals surface area contributed by atoms with Crippen LogP contribution in [0.25, 0.3) is 10.9 Å². The lowest BCUT2D eigenvalue weighted by Crippen LogP contribution is -2.43. The highest BCUT2D eigenvalue weighted by Crippen LogP contribution is 2.35. The van der Waals surface area contributed by atoms with E-state index in [9.17, 15) is 0 Å². The molecule has 0 saturated carbocycles. The van der Waals surface area contributed by atoms with Crippen molar-refractivity contribution >= 4 is 32.5 Å². The van der Waals surface area contributed by atoms with E-state index in [1.165, 1.54) is 22.2 Å². The lowest BCUT2D eigenvalue weighted by molar-refractivity contribution is 0.589. The summed E-state index contributed by atoms with van der Waals surface area (Å²) in [5.74, 6) is 0. The molecule has 2 aromatic rings. The molecule has 1 fully saturated rings. The Morgan fingerprint density at radius 2 is 1.95 bits per heavy atom.